The predicted molar refractivity (Wildman–Crippen MR) is 110 cm³/mol. The molecule has 0 saturated carbocycles. The molecule has 5 nitrogen and oxygen atoms in total. The van der Waals surface area contributed by atoms with Crippen LogP contribution in [0.2, 0.25) is 0 Å². The van der Waals surface area contributed by atoms with E-state index in [1.165, 1.54) is 11.1 Å². The predicted octanol–water partition coefficient (Wildman–Crippen LogP) is 2.89. The first kappa shape index (κ1) is 20.7. The van der Waals surface area contributed by atoms with Crippen LogP contribution >= 0.6 is 24.0 Å². The molecular weight excluding hydrogens is 415 g/mol. The third-order valence-electron chi connectivity index (χ3n) is 4.22. The van der Waals surface area contributed by atoms with E-state index in [1.807, 2.05) is 4.90 Å². The van der Waals surface area contributed by atoms with Gasteiger partial charge in [0, 0.05) is 39.1 Å². The summed E-state index contributed by atoms with van der Waals surface area (Å²) in [5.74, 6) is 1.09. The van der Waals surface area contributed by atoms with Gasteiger partial charge in [-0.3, -0.25) is 9.79 Å². The summed E-state index contributed by atoms with van der Waals surface area (Å²) >= 11 is 0. The highest BCUT2D eigenvalue weighted by molar-refractivity contribution is 14.0. The Morgan fingerprint density at radius 1 is 1.38 bits per heavy atom. The lowest BCUT2D eigenvalue weighted by Crippen LogP contribution is -2.41. The highest BCUT2D eigenvalue weighted by Crippen LogP contribution is 2.15. The molecule has 1 heterocycles. The van der Waals surface area contributed by atoms with Crippen molar-refractivity contribution in [3.63, 3.8) is 0 Å². The number of amides is 1. The van der Waals surface area contributed by atoms with E-state index >= 15 is 0 Å². The van der Waals surface area contributed by atoms with Gasteiger partial charge >= 0.3 is 0 Å². The number of likely N-dealkylation sites (tertiary alicyclic amines) is 1. The number of nitrogens with zero attached hydrogens (tertiary/aromatic N) is 2. The topological polar surface area (TPSA) is 56.7 Å². The number of halogens is 1. The molecule has 1 aliphatic heterocycles. The molecule has 1 unspecified atom stereocenters. The molecule has 1 atom stereocenters. The van der Waals surface area contributed by atoms with E-state index in [4.69, 9.17) is 0 Å². The van der Waals surface area contributed by atoms with E-state index in [2.05, 4.69) is 53.7 Å². The van der Waals surface area contributed by atoms with Gasteiger partial charge in [-0.15, -0.1) is 24.0 Å². The van der Waals surface area contributed by atoms with Crippen LogP contribution in [0.4, 0.5) is 0 Å². The lowest BCUT2D eigenvalue weighted by atomic mass is 10.1. The second kappa shape index (κ2) is 10.5. The summed E-state index contributed by atoms with van der Waals surface area (Å²) in [4.78, 5) is 17.9. The molecular formula is C18H29IN4O. The summed E-state index contributed by atoms with van der Waals surface area (Å²) in [5.41, 5.74) is 2.38. The zero-order valence-corrected chi connectivity index (χ0v) is 17.2. The minimum absolute atomic E-state index is 0. The SMILES string of the molecule is CCC(C)NC(=NC)NCc1cccc(CN2CCCC2=O)c1.I. The maximum absolute atomic E-state index is 11.7. The summed E-state index contributed by atoms with van der Waals surface area (Å²) < 4.78 is 0. The number of aliphatic imine (C=N–C) groups is 1. The van der Waals surface area contributed by atoms with Crippen molar-refractivity contribution in [2.75, 3.05) is 13.6 Å². The van der Waals surface area contributed by atoms with Crippen LogP contribution in [0.15, 0.2) is 29.3 Å². The van der Waals surface area contributed by atoms with Gasteiger partial charge in [0.15, 0.2) is 5.96 Å². The third kappa shape index (κ3) is 6.30. The molecule has 0 spiro atoms. The Morgan fingerprint density at radius 3 is 2.75 bits per heavy atom. The lowest BCUT2D eigenvalue weighted by molar-refractivity contribution is -0.128. The second-order valence-electron chi connectivity index (χ2n) is 6.12. The third-order valence-corrected chi connectivity index (χ3v) is 4.22. The van der Waals surface area contributed by atoms with Crippen LogP contribution in [0, 0.1) is 0 Å². The monoisotopic (exact) mass is 444 g/mol. The molecule has 24 heavy (non-hydrogen) atoms. The van der Waals surface area contributed by atoms with Crippen molar-refractivity contribution in [1.29, 1.82) is 0 Å². The normalized spacial score (nSPS) is 15.9. The molecule has 0 aromatic heterocycles. The highest BCUT2D eigenvalue weighted by atomic mass is 127. The first-order chi connectivity index (χ1) is 11.1. The minimum atomic E-state index is 0. The Bertz CT molecular complexity index is 562. The van der Waals surface area contributed by atoms with Crippen molar-refractivity contribution in [2.45, 2.75) is 52.2 Å². The Hall–Kier alpha value is -1.31. The quantitative estimate of drug-likeness (QED) is 0.403. The molecule has 134 valence electrons. The summed E-state index contributed by atoms with van der Waals surface area (Å²) in [6.07, 6.45) is 2.73. The number of rotatable bonds is 6. The molecule has 1 aromatic rings. The molecule has 6 heteroatoms. The van der Waals surface area contributed by atoms with Gasteiger partial charge in [-0.25, -0.2) is 0 Å². The maximum atomic E-state index is 11.7. The minimum Gasteiger partial charge on any atom is -0.354 e. The lowest BCUT2D eigenvalue weighted by Gasteiger charge is -2.18. The van der Waals surface area contributed by atoms with Crippen molar-refractivity contribution >= 4 is 35.8 Å². The van der Waals surface area contributed by atoms with Crippen LogP contribution in [-0.4, -0.2) is 36.4 Å². The molecule has 2 rings (SSSR count). The Labute approximate surface area is 162 Å². The van der Waals surface area contributed by atoms with Crippen molar-refractivity contribution in [1.82, 2.24) is 15.5 Å². The fourth-order valence-corrected chi connectivity index (χ4v) is 2.65. The van der Waals surface area contributed by atoms with Gasteiger partial charge < -0.3 is 15.5 Å². The van der Waals surface area contributed by atoms with Crippen LogP contribution in [0.1, 0.15) is 44.2 Å². The van der Waals surface area contributed by atoms with Crippen LogP contribution < -0.4 is 10.6 Å². The zero-order valence-electron chi connectivity index (χ0n) is 14.8. The van der Waals surface area contributed by atoms with Crippen LogP contribution in [0.3, 0.4) is 0 Å². The fourth-order valence-electron chi connectivity index (χ4n) is 2.65. The Morgan fingerprint density at radius 2 is 2.12 bits per heavy atom. The molecule has 1 saturated heterocycles. The fraction of sp³-hybridized carbons (Fsp3) is 0.556. The van der Waals surface area contributed by atoms with Crippen LogP contribution in [0.5, 0.6) is 0 Å². The van der Waals surface area contributed by atoms with E-state index in [0.717, 1.165) is 31.9 Å². The molecule has 2 N–H and O–H groups in total. The highest BCUT2D eigenvalue weighted by Gasteiger charge is 2.19. The van der Waals surface area contributed by atoms with E-state index in [1.54, 1.807) is 7.05 Å². The van der Waals surface area contributed by atoms with Crippen molar-refractivity contribution in [3.8, 4) is 0 Å². The van der Waals surface area contributed by atoms with Gasteiger partial charge in [-0.05, 0) is 30.9 Å². The smallest absolute Gasteiger partial charge is 0.222 e. The van der Waals surface area contributed by atoms with E-state index < -0.39 is 0 Å². The van der Waals surface area contributed by atoms with E-state index in [-0.39, 0.29) is 29.9 Å². The summed E-state index contributed by atoms with van der Waals surface area (Å²) in [6, 6.07) is 8.79. The maximum Gasteiger partial charge on any atom is 0.222 e. The first-order valence-corrected chi connectivity index (χ1v) is 8.45. The first-order valence-electron chi connectivity index (χ1n) is 8.45. The molecule has 0 aliphatic carbocycles. The molecule has 0 bridgehead atoms. The van der Waals surface area contributed by atoms with Crippen LogP contribution in [-0.2, 0) is 17.9 Å². The van der Waals surface area contributed by atoms with E-state index in [9.17, 15) is 4.79 Å². The number of hydrogen-bond donors (Lipinski definition) is 2. The number of carbonyl (C=O) groups excluding carboxylic acids is 1. The zero-order chi connectivity index (χ0) is 16.7. The molecule has 0 radical (unpaired) electrons. The standard InChI is InChI=1S/C18H28N4O.HI/c1-4-14(2)21-18(19-3)20-12-15-7-5-8-16(11-15)13-22-10-6-9-17(22)23;/h5,7-8,11,14H,4,6,9-10,12-13H2,1-3H3,(H2,19,20,21);1H. The van der Waals surface area contributed by atoms with Gasteiger partial charge in [-0.2, -0.15) is 0 Å². The van der Waals surface area contributed by atoms with Crippen LogP contribution in [0.25, 0.3) is 0 Å². The van der Waals surface area contributed by atoms with Crippen molar-refractivity contribution < 1.29 is 4.79 Å². The number of carbonyl (C=O) groups is 1. The van der Waals surface area contributed by atoms with Gasteiger partial charge in [0.1, 0.15) is 0 Å². The van der Waals surface area contributed by atoms with Crippen molar-refractivity contribution in [3.05, 3.63) is 35.4 Å². The van der Waals surface area contributed by atoms with Gasteiger partial charge in [-0.1, -0.05) is 31.2 Å². The Balaban J connectivity index is 0.00000288. The average Bonchev–Trinajstić information content (AvgIpc) is 2.96. The average molecular weight is 444 g/mol. The summed E-state index contributed by atoms with van der Waals surface area (Å²) in [7, 11) is 1.78. The van der Waals surface area contributed by atoms with Crippen molar-refractivity contribution in [2.24, 2.45) is 4.99 Å². The summed E-state index contributed by atoms with van der Waals surface area (Å²) in [5, 5.41) is 6.69. The van der Waals surface area contributed by atoms with Gasteiger partial charge in [0.25, 0.3) is 0 Å². The summed E-state index contributed by atoms with van der Waals surface area (Å²) in [6.45, 7) is 6.60. The number of guanidine groups is 1. The number of benzene rings is 1. The number of hydrogen-bond acceptors (Lipinski definition) is 2. The van der Waals surface area contributed by atoms with Gasteiger partial charge in [0.2, 0.25) is 5.91 Å². The molecule has 1 fully saturated rings. The van der Waals surface area contributed by atoms with E-state index in [0.29, 0.717) is 19.0 Å². The molecule has 1 amide bonds. The molecule has 1 aliphatic rings. The Kier molecular flexibility index (Phi) is 9.10. The second-order valence-corrected chi connectivity index (χ2v) is 6.12. The van der Waals surface area contributed by atoms with Gasteiger partial charge in [0.05, 0.1) is 0 Å². The largest absolute Gasteiger partial charge is 0.354 e. The number of nitrogens with one attached hydrogen (secondary N) is 2. The molecule has 1 aromatic carbocycles.